The third kappa shape index (κ3) is 3.07. The Bertz CT molecular complexity index is 375. The number of carbonyl (C=O) groups is 1. The van der Waals surface area contributed by atoms with E-state index < -0.39 is 11.4 Å². The minimum atomic E-state index is -0.828. The molecule has 2 unspecified atom stereocenters. The van der Waals surface area contributed by atoms with Crippen molar-refractivity contribution in [3.8, 4) is 0 Å². The molecule has 94 valence electrons. The molecule has 1 rings (SSSR count). The van der Waals surface area contributed by atoms with E-state index >= 15 is 0 Å². The van der Waals surface area contributed by atoms with Crippen molar-refractivity contribution < 1.29 is 9.90 Å². The van der Waals surface area contributed by atoms with E-state index in [0.29, 0.717) is 6.42 Å². The van der Waals surface area contributed by atoms with Crippen LogP contribution in [0.5, 0.6) is 0 Å². The van der Waals surface area contributed by atoms with Gasteiger partial charge in [0, 0.05) is 6.04 Å². The van der Waals surface area contributed by atoms with E-state index in [1.54, 1.807) is 6.92 Å². The zero-order valence-corrected chi connectivity index (χ0v) is 11.0. The van der Waals surface area contributed by atoms with E-state index in [1.807, 2.05) is 56.3 Å². The second-order valence-electron chi connectivity index (χ2n) is 5.02. The molecule has 0 saturated carbocycles. The van der Waals surface area contributed by atoms with Crippen molar-refractivity contribution in [3.63, 3.8) is 0 Å². The van der Waals surface area contributed by atoms with Crippen LogP contribution in [0.15, 0.2) is 30.3 Å². The quantitative estimate of drug-likeness (QED) is 0.851. The Hall–Kier alpha value is -1.35. The highest BCUT2D eigenvalue weighted by Gasteiger charge is 2.36. The molecule has 2 atom stereocenters. The minimum Gasteiger partial charge on any atom is -0.481 e. The Kier molecular flexibility index (Phi) is 4.29. The average Bonchev–Trinajstić information content (AvgIpc) is 2.29. The summed E-state index contributed by atoms with van der Waals surface area (Å²) < 4.78 is 0. The molecule has 0 aliphatic rings. The van der Waals surface area contributed by atoms with Gasteiger partial charge in [-0.2, -0.15) is 0 Å². The van der Waals surface area contributed by atoms with Gasteiger partial charge in [-0.1, -0.05) is 30.3 Å². The molecule has 1 aromatic rings. The third-order valence-corrected chi connectivity index (χ3v) is 3.47. The summed E-state index contributed by atoms with van der Waals surface area (Å²) in [5, 5.41) is 9.50. The van der Waals surface area contributed by atoms with E-state index in [1.165, 1.54) is 0 Å². The van der Waals surface area contributed by atoms with Gasteiger partial charge in [-0.15, -0.1) is 0 Å². The zero-order valence-electron chi connectivity index (χ0n) is 11.0. The standard InChI is InChI=1S/C14H21NO2/c1-11(15(3)4)10-14(2,13(16)17)12-8-6-5-7-9-12/h5-9,11H,10H2,1-4H3,(H,16,17). The molecule has 0 bridgehead atoms. The lowest BCUT2D eigenvalue weighted by Gasteiger charge is -2.31. The summed E-state index contributed by atoms with van der Waals surface area (Å²) >= 11 is 0. The maximum atomic E-state index is 11.6. The van der Waals surface area contributed by atoms with Gasteiger partial charge in [0.05, 0.1) is 5.41 Å². The second-order valence-corrected chi connectivity index (χ2v) is 5.02. The molecule has 17 heavy (non-hydrogen) atoms. The highest BCUT2D eigenvalue weighted by Crippen LogP contribution is 2.30. The molecule has 0 fully saturated rings. The number of hydrogen-bond donors (Lipinski definition) is 1. The lowest BCUT2D eigenvalue weighted by Crippen LogP contribution is -2.39. The van der Waals surface area contributed by atoms with Crippen molar-refractivity contribution in [2.75, 3.05) is 14.1 Å². The monoisotopic (exact) mass is 235 g/mol. The highest BCUT2D eigenvalue weighted by atomic mass is 16.4. The van der Waals surface area contributed by atoms with Gasteiger partial charge < -0.3 is 10.0 Å². The summed E-state index contributed by atoms with van der Waals surface area (Å²) in [5.41, 5.74) is 0.0338. The molecular weight excluding hydrogens is 214 g/mol. The van der Waals surface area contributed by atoms with Crippen LogP contribution in [0.2, 0.25) is 0 Å². The van der Waals surface area contributed by atoms with Gasteiger partial charge in [0.25, 0.3) is 0 Å². The first-order chi connectivity index (χ1) is 7.88. The summed E-state index contributed by atoms with van der Waals surface area (Å²) in [7, 11) is 3.94. The summed E-state index contributed by atoms with van der Waals surface area (Å²) in [4.78, 5) is 13.6. The number of carboxylic acids is 1. The topological polar surface area (TPSA) is 40.5 Å². The van der Waals surface area contributed by atoms with Crippen LogP contribution in [0.4, 0.5) is 0 Å². The fraction of sp³-hybridized carbons (Fsp3) is 0.500. The lowest BCUT2D eigenvalue weighted by atomic mass is 9.77. The van der Waals surface area contributed by atoms with Crippen LogP contribution in [0, 0.1) is 0 Å². The maximum absolute atomic E-state index is 11.6. The summed E-state index contributed by atoms with van der Waals surface area (Å²) in [6, 6.07) is 9.67. The van der Waals surface area contributed by atoms with Crippen LogP contribution in [-0.2, 0) is 10.2 Å². The van der Waals surface area contributed by atoms with Crippen LogP contribution < -0.4 is 0 Å². The van der Waals surface area contributed by atoms with Crippen molar-refractivity contribution in [2.24, 2.45) is 0 Å². The number of rotatable bonds is 5. The normalized spacial score (nSPS) is 16.5. The first kappa shape index (κ1) is 13.7. The number of hydrogen-bond acceptors (Lipinski definition) is 2. The SMILES string of the molecule is CC(CC(C)(C(=O)O)c1ccccc1)N(C)C. The van der Waals surface area contributed by atoms with Crippen molar-refractivity contribution in [1.29, 1.82) is 0 Å². The van der Waals surface area contributed by atoms with Gasteiger partial charge in [0.1, 0.15) is 0 Å². The average molecular weight is 235 g/mol. The maximum Gasteiger partial charge on any atom is 0.313 e. The van der Waals surface area contributed by atoms with Crippen LogP contribution in [0.25, 0.3) is 0 Å². The Morgan fingerprint density at radius 3 is 2.29 bits per heavy atom. The van der Waals surface area contributed by atoms with Crippen molar-refractivity contribution in [1.82, 2.24) is 4.90 Å². The predicted molar refractivity (Wildman–Crippen MR) is 69.2 cm³/mol. The van der Waals surface area contributed by atoms with Crippen LogP contribution in [0.1, 0.15) is 25.8 Å². The summed E-state index contributed by atoms with van der Waals surface area (Å²) in [6.07, 6.45) is 0.597. The number of benzene rings is 1. The molecule has 0 saturated heterocycles. The van der Waals surface area contributed by atoms with Gasteiger partial charge >= 0.3 is 5.97 Å². The van der Waals surface area contributed by atoms with E-state index in [2.05, 4.69) is 0 Å². The zero-order chi connectivity index (χ0) is 13.1. The molecule has 0 aliphatic heterocycles. The van der Waals surface area contributed by atoms with Crippen molar-refractivity contribution >= 4 is 5.97 Å². The van der Waals surface area contributed by atoms with Gasteiger partial charge in [-0.25, -0.2) is 0 Å². The first-order valence-corrected chi connectivity index (χ1v) is 5.83. The Balaban J connectivity index is 3.03. The van der Waals surface area contributed by atoms with Crippen LogP contribution in [-0.4, -0.2) is 36.1 Å². The molecule has 0 amide bonds. The smallest absolute Gasteiger partial charge is 0.313 e. The van der Waals surface area contributed by atoms with Crippen molar-refractivity contribution in [3.05, 3.63) is 35.9 Å². The Morgan fingerprint density at radius 1 is 1.35 bits per heavy atom. The number of nitrogens with zero attached hydrogens (tertiary/aromatic N) is 1. The predicted octanol–water partition coefficient (Wildman–Crippen LogP) is 2.37. The molecule has 0 aliphatic carbocycles. The van der Waals surface area contributed by atoms with Gasteiger partial charge in [-0.05, 0) is 39.9 Å². The fourth-order valence-corrected chi connectivity index (χ4v) is 1.91. The molecule has 3 nitrogen and oxygen atoms in total. The summed E-state index contributed by atoms with van der Waals surface area (Å²) in [6.45, 7) is 3.84. The van der Waals surface area contributed by atoms with Crippen LogP contribution in [0.3, 0.4) is 0 Å². The second kappa shape index (κ2) is 5.32. The lowest BCUT2D eigenvalue weighted by molar-refractivity contribution is -0.144. The molecule has 0 radical (unpaired) electrons. The van der Waals surface area contributed by atoms with Crippen molar-refractivity contribution in [2.45, 2.75) is 31.7 Å². The first-order valence-electron chi connectivity index (χ1n) is 5.83. The third-order valence-electron chi connectivity index (χ3n) is 3.47. The molecular formula is C14H21NO2. The van der Waals surface area contributed by atoms with E-state index in [4.69, 9.17) is 0 Å². The fourth-order valence-electron chi connectivity index (χ4n) is 1.91. The molecule has 1 aromatic carbocycles. The van der Waals surface area contributed by atoms with Gasteiger partial charge in [0.15, 0.2) is 0 Å². The van der Waals surface area contributed by atoms with E-state index in [9.17, 15) is 9.90 Å². The molecule has 0 aromatic heterocycles. The summed E-state index contributed by atoms with van der Waals surface area (Å²) in [5.74, 6) is -0.766. The number of aliphatic carboxylic acids is 1. The highest BCUT2D eigenvalue weighted by molar-refractivity contribution is 5.80. The number of carboxylic acid groups (broad SMARTS) is 1. The minimum absolute atomic E-state index is 0.219. The molecule has 1 N–H and O–H groups in total. The Morgan fingerprint density at radius 2 is 1.88 bits per heavy atom. The van der Waals surface area contributed by atoms with E-state index in [0.717, 1.165) is 5.56 Å². The van der Waals surface area contributed by atoms with Gasteiger partial charge in [0.2, 0.25) is 0 Å². The molecule has 0 heterocycles. The Labute approximate surface area is 103 Å². The molecule has 3 heteroatoms. The van der Waals surface area contributed by atoms with E-state index in [-0.39, 0.29) is 6.04 Å². The molecule has 0 spiro atoms. The van der Waals surface area contributed by atoms with Gasteiger partial charge in [-0.3, -0.25) is 4.79 Å². The van der Waals surface area contributed by atoms with Crippen LogP contribution >= 0.6 is 0 Å². The largest absolute Gasteiger partial charge is 0.481 e.